The van der Waals surface area contributed by atoms with Gasteiger partial charge in [0.15, 0.2) is 5.60 Å². The quantitative estimate of drug-likeness (QED) is 0.813. The van der Waals surface area contributed by atoms with Crippen LogP contribution in [0.15, 0.2) is 29.6 Å². The van der Waals surface area contributed by atoms with Crippen LogP contribution < -0.4 is 0 Å². The lowest BCUT2D eigenvalue weighted by Crippen LogP contribution is -2.63. The Morgan fingerprint density at radius 2 is 2.15 bits per heavy atom. The van der Waals surface area contributed by atoms with E-state index in [1.807, 2.05) is 18.2 Å². The maximum atomic E-state index is 14.5. The third-order valence-electron chi connectivity index (χ3n) is 6.32. The molecule has 1 aromatic rings. The van der Waals surface area contributed by atoms with Gasteiger partial charge in [0.05, 0.1) is 18.8 Å². The highest BCUT2D eigenvalue weighted by Crippen LogP contribution is 2.47. The molecule has 4 aliphatic rings. The van der Waals surface area contributed by atoms with Gasteiger partial charge in [0.25, 0.3) is 5.91 Å². The molecule has 5 rings (SSSR count). The molecule has 0 N–H and O–H groups in total. The maximum Gasteiger partial charge on any atom is 0.272 e. The zero-order valence-electron chi connectivity index (χ0n) is 15.4. The number of likely N-dealkylation sites (tertiary alicyclic amines) is 2. The predicted molar refractivity (Wildman–Crippen MR) is 97.8 cm³/mol. The van der Waals surface area contributed by atoms with Crippen LogP contribution in [0, 0.1) is 5.92 Å². The molecule has 3 aliphatic heterocycles. The highest BCUT2D eigenvalue weighted by Gasteiger charge is 2.56. The van der Waals surface area contributed by atoms with E-state index in [2.05, 4.69) is 15.0 Å². The van der Waals surface area contributed by atoms with Crippen molar-refractivity contribution in [3.8, 4) is 0 Å². The van der Waals surface area contributed by atoms with Crippen molar-refractivity contribution in [3.05, 3.63) is 30.1 Å². The molecule has 1 aromatic heterocycles. The van der Waals surface area contributed by atoms with Crippen LogP contribution in [0.1, 0.15) is 37.8 Å². The van der Waals surface area contributed by atoms with Gasteiger partial charge >= 0.3 is 0 Å². The van der Waals surface area contributed by atoms with E-state index < -0.39 is 11.3 Å². The molecule has 1 amide bonds. The van der Waals surface area contributed by atoms with Crippen LogP contribution in [0.25, 0.3) is 0 Å². The summed E-state index contributed by atoms with van der Waals surface area (Å²) in [5.74, 6) is 0.0100. The van der Waals surface area contributed by atoms with Crippen molar-refractivity contribution in [2.75, 3.05) is 26.2 Å². The molecule has 1 aliphatic carbocycles. The summed E-state index contributed by atoms with van der Waals surface area (Å²) in [7, 11) is 0. The number of oxime groups is 1. The van der Waals surface area contributed by atoms with Crippen molar-refractivity contribution >= 4 is 11.6 Å². The van der Waals surface area contributed by atoms with Gasteiger partial charge in [-0.1, -0.05) is 11.2 Å². The van der Waals surface area contributed by atoms with E-state index in [9.17, 15) is 9.18 Å². The smallest absolute Gasteiger partial charge is 0.272 e. The number of amides is 1. The molecule has 144 valence electrons. The number of piperidine rings is 1. The monoisotopic (exact) mass is 372 g/mol. The summed E-state index contributed by atoms with van der Waals surface area (Å²) in [6.07, 6.45) is 6.13. The number of carbonyl (C=O) groups is 1. The molecule has 3 fully saturated rings. The summed E-state index contributed by atoms with van der Waals surface area (Å²) in [4.78, 5) is 26.8. The standard InChI is InChI=1S/C20H25FN4O2/c21-20(15-5-6-15)13-25(14-20)18(26)17-10-19(27-23-17)7-3-9-24(12-19)11-16-4-1-2-8-22-16/h1-2,4,8,15H,3,5-7,9-14H2/t19-/m0/s1. The Kier molecular flexibility index (Phi) is 3.96. The molecule has 6 nitrogen and oxygen atoms in total. The van der Waals surface area contributed by atoms with E-state index in [1.54, 1.807) is 11.1 Å². The van der Waals surface area contributed by atoms with Crippen LogP contribution in [0.3, 0.4) is 0 Å². The van der Waals surface area contributed by atoms with Crippen LogP contribution in [0.5, 0.6) is 0 Å². The predicted octanol–water partition coefficient (Wildman–Crippen LogP) is 2.15. The van der Waals surface area contributed by atoms with E-state index in [0.29, 0.717) is 12.1 Å². The minimum absolute atomic E-state index is 0.150. The molecular formula is C20H25FN4O2. The topological polar surface area (TPSA) is 58.0 Å². The normalized spacial score (nSPS) is 30.0. The number of hydrogen-bond donors (Lipinski definition) is 0. The molecule has 1 saturated carbocycles. The van der Waals surface area contributed by atoms with Gasteiger partial charge in [-0.25, -0.2) is 4.39 Å². The molecule has 7 heteroatoms. The molecule has 0 bridgehead atoms. The number of halogens is 1. The Balaban J connectivity index is 1.18. The number of carbonyl (C=O) groups excluding carboxylic acids is 1. The van der Waals surface area contributed by atoms with Crippen LogP contribution in [-0.4, -0.2) is 63.9 Å². The lowest BCUT2D eigenvalue weighted by molar-refractivity contribution is -0.139. The number of hydrogen-bond acceptors (Lipinski definition) is 5. The first kappa shape index (κ1) is 17.1. The summed E-state index contributed by atoms with van der Waals surface area (Å²) < 4.78 is 14.5. The Morgan fingerprint density at radius 1 is 1.30 bits per heavy atom. The third kappa shape index (κ3) is 3.22. The molecule has 2 saturated heterocycles. The second-order valence-corrected chi connectivity index (χ2v) is 8.59. The first-order chi connectivity index (χ1) is 13.1. The number of aromatic nitrogens is 1. The summed E-state index contributed by atoms with van der Waals surface area (Å²) in [6, 6.07) is 5.93. The van der Waals surface area contributed by atoms with E-state index in [4.69, 9.17) is 4.84 Å². The molecule has 27 heavy (non-hydrogen) atoms. The van der Waals surface area contributed by atoms with E-state index in [1.165, 1.54) is 0 Å². The van der Waals surface area contributed by atoms with Crippen molar-refractivity contribution < 1.29 is 14.0 Å². The zero-order valence-corrected chi connectivity index (χ0v) is 15.4. The Morgan fingerprint density at radius 3 is 2.89 bits per heavy atom. The summed E-state index contributed by atoms with van der Waals surface area (Å²) in [5.41, 5.74) is -0.0959. The van der Waals surface area contributed by atoms with Gasteiger partial charge in [-0.05, 0) is 50.3 Å². The second kappa shape index (κ2) is 6.26. The van der Waals surface area contributed by atoms with Gasteiger partial charge in [-0.2, -0.15) is 0 Å². The van der Waals surface area contributed by atoms with Gasteiger partial charge in [0.1, 0.15) is 11.4 Å². The van der Waals surface area contributed by atoms with Crippen LogP contribution in [-0.2, 0) is 16.2 Å². The highest BCUT2D eigenvalue weighted by atomic mass is 19.1. The largest absolute Gasteiger partial charge is 0.387 e. The second-order valence-electron chi connectivity index (χ2n) is 8.59. The first-order valence-corrected chi connectivity index (χ1v) is 9.91. The lowest BCUT2D eigenvalue weighted by Gasteiger charge is -2.44. The Hall–Kier alpha value is -2.02. The van der Waals surface area contributed by atoms with Crippen molar-refractivity contribution in [2.24, 2.45) is 11.1 Å². The van der Waals surface area contributed by atoms with Gasteiger partial charge in [0.2, 0.25) is 0 Å². The van der Waals surface area contributed by atoms with Crippen molar-refractivity contribution in [3.63, 3.8) is 0 Å². The summed E-state index contributed by atoms with van der Waals surface area (Å²) in [5, 5.41) is 4.13. The fraction of sp³-hybridized carbons (Fsp3) is 0.650. The fourth-order valence-electron chi connectivity index (χ4n) is 4.67. The maximum absolute atomic E-state index is 14.5. The average Bonchev–Trinajstić information content (AvgIpc) is 3.43. The number of nitrogens with zero attached hydrogens (tertiary/aromatic N) is 4. The molecule has 1 spiro atoms. The average molecular weight is 372 g/mol. The van der Waals surface area contributed by atoms with Crippen molar-refractivity contribution in [2.45, 2.75) is 49.9 Å². The van der Waals surface area contributed by atoms with E-state index >= 15 is 0 Å². The number of pyridine rings is 1. The zero-order chi connectivity index (χ0) is 18.5. The molecule has 1 atom stereocenters. The van der Waals surface area contributed by atoms with Crippen molar-refractivity contribution in [1.29, 1.82) is 0 Å². The van der Waals surface area contributed by atoms with Crippen LogP contribution in [0.4, 0.5) is 4.39 Å². The molecule has 4 heterocycles. The van der Waals surface area contributed by atoms with E-state index in [-0.39, 0.29) is 24.9 Å². The molecule has 0 radical (unpaired) electrons. The summed E-state index contributed by atoms with van der Waals surface area (Å²) >= 11 is 0. The van der Waals surface area contributed by atoms with Gasteiger partial charge in [0, 0.05) is 25.7 Å². The minimum atomic E-state index is -1.16. The summed E-state index contributed by atoms with van der Waals surface area (Å²) in [6.45, 7) is 2.93. The lowest BCUT2D eigenvalue weighted by atomic mass is 9.86. The van der Waals surface area contributed by atoms with Crippen LogP contribution in [0.2, 0.25) is 0 Å². The minimum Gasteiger partial charge on any atom is -0.387 e. The van der Waals surface area contributed by atoms with E-state index in [0.717, 1.165) is 51.0 Å². The SMILES string of the molecule is O=C(C1=NO[C@@]2(CCCN(Cc3ccccn3)C2)C1)N1CC(F)(C2CC2)C1. The molecular weight excluding hydrogens is 347 g/mol. The van der Waals surface area contributed by atoms with Crippen molar-refractivity contribution in [1.82, 2.24) is 14.8 Å². The first-order valence-electron chi connectivity index (χ1n) is 9.91. The highest BCUT2D eigenvalue weighted by molar-refractivity contribution is 6.39. The number of rotatable bonds is 4. The van der Waals surface area contributed by atoms with Gasteiger partial charge in [-0.3, -0.25) is 14.7 Å². The molecule has 0 aromatic carbocycles. The Bertz CT molecular complexity index is 761. The number of alkyl halides is 1. The fourth-order valence-corrected chi connectivity index (χ4v) is 4.67. The molecule has 0 unspecified atom stereocenters. The third-order valence-corrected chi connectivity index (χ3v) is 6.32. The van der Waals surface area contributed by atoms with Gasteiger partial charge in [-0.15, -0.1) is 0 Å². The van der Waals surface area contributed by atoms with Crippen LogP contribution >= 0.6 is 0 Å². The van der Waals surface area contributed by atoms with Gasteiger partial charge < -0.3 is 9.74 Å². The Labute approximate surface area is 158 Å².